The molecule has 3 aromatic rings. The van der Waals surface area contributed by atoms with Crippen LogP contribution in [0, 0.1) is 10.1 Å². The second-order valence-corrected chi connectivity index (χ2v) is 6.43. The largest absolute Gasteiger partial charge is 0.481 e. The first-order valence-electron chi connectivity index (χ1n) is 7.56. The lowest BCUT2D eigenvalue weighted by molar-refractivity contribution is -0.384. The zero-order valence-electron chi connectivity index (χ0n) is 13.1. The molecular weight excluding hydrogens is 340 g/mol. The second-order valence-electron chi connectivity index (χ2n) is 5.40. The standard InChI is InChI=1S/C18H14N2O4S/c21-17(22)10-7-13(11-12-5-8-14(9-6-12)20(23)24)18-19-15-3-1-2-4-16(15)25-18/h1-6,8-9,11H,7,10H2,(H,21,22)/b13-11+. The lowest BCUT2D eigenvalue weighted by Crippen LogP contribution is -1.95. The van der Waals surface area contributed by atoms with Gasteiger partial charge in [0.1, 0.15) is 5.01 Å². The molecule has 0 aliphatic carbocycles. The minimum absolute atomic E-state index is 0.00522. The maximum atomic E-state index is 11.0. The number of nitro benzene ring substituents is 1. The Morgan fingerprint density at radius 2 is 1.88 bits per heavy atom. The maximum absolute atomic E-state index is 11.0. The zero-order valence-corrected chi connectivity index (χ0v) is 13.9. The van der Waals surface area contributed by atoms with Gasteiger partial charge in [0.15, 0.2) is 0 Å². The van der Waals surface area contributed by atoms with Gasteiger partial charge >= 0.3 is 5.97 Å². The molecule has 0 bridgehead atoms. The number of carbonyl (C=O) groups is 1. The second kappa shape index (κ2) is 7.23. The summed E-state index contributed by atoms with van der Waals surface area (Å²) in [6, 6.07) is 13.9. The van der Waals surface area contributed by atoms with Crippen molar-refractivity contribution in [2.75, 3.05) is 0 Å². The molecule has 6 nitrogen and oxygen atoms in total. The van der Waals surface area contributed by atoms with E-state index in [1.807, 2.05) is 30.3 Å². The first kappa shape index (κ1) is 16.8. The molecule has 0 aliphatic rings. The summed E-state index contributed by atoms with van der Waals surface area (Å²) in [5.74, 6) is -0.879. The van der Waals surface area contributed by atoms with Crippen LogP contribution in [0.4, 0.5) is 5.69 Å². The quantitative estimate of drug-likeness (QED) is 0.515. The fraction of sp³-hybridized carbons (Fsp3) is 0.111. The third-order valence-electron chi connectivity index (χ3n) is 3.62. The van der Waals surface area contributed by atoms with E-state index < -0.39 is 10.9 Å². The molecule has 2 aromatic carbocycles. The molecule has 3 rings (SSSR count). The fourth-order valence-corrected chi connectivity index (χ4v) is 3.39. The fourth-order valence-electron chi connectivity index (χ4n) is 2.39. The number of carboxylic acids is 1. The summed E-state index contributed by atoms with van der Waals surface area (Å²) >= 11 is 1.50. The molecule has 0 spiro atoms. The van der Waals surface area contributed by atoms with E-state index >= 15 is 0 Å². The van der Waals surface area contributed by atoms with Crippen molar-refractivity contribution in [3.63, 3.8) is 0 Å². The Balaban J connectivity index is 1.98. The summed E-state index contributed by atoms with van der Waals surface area (Å²) in [5, 5.41) is 20.5. The lowest BCUT2D eigenvalue weighted by Gasteiger charge is -2.03. The van der Waals surface area contributed by atoms with E-state index in [0.29, 0.717) is 6.42 Å². The number of carboxylic acid groups (broad SMARTS) is 1. The van der Waals surface area contributed by atoms with Crippen molar-refractivity contribution < 1.29 is 14.8 Å². The van der Waals surface area contributed by atoms with Gasteiger partial charge in [-0.05, 0) is 47.9 Å². The van der Waals surface area contributed by atoms with Crippen molar-refractivity contribution in [2.45, 2.75) is 12.8 Å². The highest BCUT2D eigenvalue weighted by molar-refractivity contribution is 7.19. The first-order valence-corrected chi connectivity index (χ1v) is 8.37. The number of aromatic nitrogens is 1. The Bertz CT molecular complexity index is 928. The number of para-hydroxylation sites is 1. The van der Waals surface area contributed by atoms with Crippen LogP contribution >= 0.6 is 11.3 Å². The van der Waals surface area contributed by atoms with Crippen molar-refractivity contribution >= 4 is 44.9 Å². The topological polar surface area (TPSA) is 93.3 Å². The molecule has 0 amide bonds. The highest BCUT2D eigenvalue weighted by Crippen LogP contribution is 2.31. The molecule has 126 valence electrons. The highest BCUT2D eigenvalue weighted by atomic mass is 32.1. The third-order valence-corrected chi connectivity index (χ3v) is 4.73. The Hall–Kier alpha value is -3.06. The maximum Gasteiger partial charge on any atom is 0.303 e. The predicted octanol–water partition coefficient (Wildman–Crippen LogP) is 4.61. The van der Waals surface area contributed by atoms with E-state index in [1.54, 1.807) is 12.1 Å². The molecular formula is C18H14N2O4S. The van der Waals surface area contributed by atoms with Crippen LogP contribution in [0.3, 0.4) is 0 Å². The monoisotopic (exact) mass is 354 g/mol. The van der Waals surface area contributed by atoms with E-state index in [4.69, 9.17) is 5.11 Å². The lowest BCUT2D eigenvalue weighted by atomic mass is 10.1. The van der Waals surface area contributed by atoms with Crippen LogP contribution in [0.1, 0.15) is 23.4 Å². The van der Waals surface area contributed by atoms with Crippen molar-refractivity contribution in [2.24, 2.45) is 0 Å². The van der Waals surface area contributed by atoms with Crippen LogP contribution in [0.2, 0.25) is 0 Å². The summed E-state index contributed by atoms with van der Waals surface area (Å²) in [5.41, 5.74) is 2.46. The van der Waals surface area contributed by atoms with Crippen LogP contribution in [-0.4, -0.2) is 21.0 Å². The van der Waals surface area contributed by atoms with Crippen molar-refractivity contribution in [3.8, 4) is 0 Å². The van der Waals surface area contributed by atoms with Crippen LogP contribution in [0.5, 0.6) is 0 Å². The van der Waals surface area contributed by atoms with Crippen molar-refractivity contribution in [3.05, 3.63) is 69.2 Å². The van der Waals surface area contributed by atoms with Crippen LogP contribution in [-0.2, 0) is 4.79 Å². The smallest absolute Gasteiger partial charge is 0.303 e. The van der Waals surface area contributed by atoms with Crippen molar-refractivity contribution in [1.82, 2.24) is 4.98 Å². The van der Waals surface area contributed by atoms with Gasteiger partial charge < -0.3 is 5.11 Å². The first-order chi connectivity index (χ1) is 12.0. The Morgan fingerprint density at radius 1 is 1.16 bits per heavy atom. The van der Waals surface area contributed by atoms with Crippen LogP contribution in [0.15, 0.2) is 48.5 Å². The number of fused-ring (bicyclic) bond motifs is 1. The molecule has 0 unspecified atom stereocenters. The number of nitro groups is 1. The summed E-state index contributed by atoms with van der Waals surface area (Å²) < 4.78 is 1.03. The molecule has 1 N–H and O–H groups in total. The van der Waals surface area contributed by atoms with Gasteiger partial charge in [-0.15, -0.1) is 11.3 Å². The highest BCUT2D eigenvalue weighted by Gasteiger charge is 2.11. The van der Waals surface area contributed by atoms with Gasteiger partial charge in [-0.2, -0.15) is 0 Å². The Morgan fingerprint density at radius 3 is 2.52 bits per heavy atom. The number of hydrogen-bond acceptors (Lipinski definition) is 5. The molecule has 0 atom stereocenters. The molecule has 0 aliphatic heterocycles. The molecule has 25 heavy (non-hydrogen) atoms. The summed E-state index contributed by atoms with van der Waals surface area (Å²) in [6.45, 7) is 0. The number of hydrogen-bond donors (Lipinski definition) is 1. The van der Waals surface area contributed by atoms with E-state index in [-0.39, 0.29) is 12.1 Å². The average Bonchev–Trinajstić information content (AvgIpc) is 3.02. The number of allylic oxidation sites excluding steroid dienone is 1. The zero-order chi connectivity index (χ0) is 17.8. The summed E-state index contributed by atoms with van der Waals surface area (Å²) in [4.78, 5) is 25.8. The SMILES string of the molecule is O=C(O)CC/C(=C\c1ccc([N+](=O)[O-])cc1)c1nc2ccccc2s1. The van der Waals surface area contributed by atoms with Crippen LogP contribution in [0.25, 0.3) is 21.9 Å². The van der Waals surface area contributed by atoms with Gasteiger partial charge in [0.2, 0.25) is 0 Å². The van der Waals surface area contributed by atoms with E-state index in [9.17, 15) is 14.9 Å². The van der Waals surface area contributed by atoms with Gasteiger partial charge in [-0.25, -0.2) is 4.98 Å². The summed E-state index contributed by atoms with van der Waals surface area (Å²) in [6.07, 6.45) is 2.17. The molecule has 0 saturated carbocycles. The average molecular weight is 354 g/mol. The molecule has 0 fully saturated rings. The number of benzene rings is 2. The van der Waals surface area contributed by atoms with Gasteiger partial charge in [-0.1, -0.05) is 12.1 Å². The van der Waals surface area contributed by atoms with Crippen LogP contribution < -0.4 is 0 Å². The number of non-ortho nitro benzene ring substituents is 1. The predicted molar refractivity (Wildman–Crippen MR) is 97.5 cm³/mol. The number of nitrogens with zero attached hydrogens (tertiary/aromatic N) is 2. The van der Waals surface area contributed by atoms with Gasteiger partial charge in [0, 0.05) is 18.6 Å². The molecule has 1 aromatic heterocycles. The Labute approximate surface area is 147 Å². The minimum Gasteiger partial charge on any atom is -0.481 e. The van der Waals surface area contributed by atoms with Gasteiger partial charge in [0.25, 0.3) is 5.69 Å². The normalized spacial score (nSPS) is 11.6. The number of aliphatic carboxylic acids is 1. The van der Waals surface area contributed by atoms with Gasteiger partial charge in [-0.3, -0.25) is 14.9 Å². The molecule has 0 radical (unpaired) electrons. The van der Waals surface area contributed by atoms with Gasteiger partial charge in [0.05, 0.1) is 15.1 Å². The Kier molecular flexibility index (Phi) is 4.85. The molecule has 0 saturated heterocycles. The molecule has 1 heterocycles. The third kappa shape index (κ3) is 4.07. The van der Waals surface area contributed by atoms with E-state index in [0.717, 1.165) is 26.4 Å². The van der Waals surface area contributed by atoms with E-state index in [2.05, 4.69) is 4.98 Å². The van der Waals surface area contributed by atoms with E-state index in [1.165, 1.54) is 23.5 Å². The number of rotatable bonds is 6. The minimum atomic E-state index is -0.879. The van der Waals surface area contributed by atoms with Crippen molar-refractivity contribution in [1.29, 1.82) is 0 Å². The summed E-state index contributed by atoms with van der Waals surface area (Å²) in [7, 11) is 0. The number of thiazole rings is 1. The molecule has 7 heteroatoms.